The van der Waals surface area contributed by atoms with Crippen molar-refractivity contribution in [3.05, 3.63) is 60.2 Å². The maximum absolute atomic E-state index is 10.3. The first kappa shape index (κ1) is 17.8. The maximum Gasteiger partial charge on any atom is 0.119 e. The van der Waals surface area contributed by atoms with Crippen molar-refractivity contribution in [1.82, 2.24) is 5.32 Å². The summed E-state index contributed by atoms with van der Waals surface area (Å²) in [5, 5.41) is 22.9. The number of nitrogens with one attached hydrogen (secondary N) is 1. The molecule has 0 amide bonds. The number of phenolic OH excluding ortho intramolecular Hbond substituents is 1. The zero-order chi connectivity index (χ0) is 15.9. The van der Waals surface area contributed by atoms with Gasteiger partial charge in [-0.3, -0.25) is 5.32 Å². The van der Waals surface area contributed by atoms with Gasteiger partial charge in [-0.2, -0.15) is 0 Å². The van der Waals surface area contributed by atoms with E-state index in [1.807, 2.05) is 30.3 Å². The fourth-order valence-electron chi connectivity index (χ4n) is 1.84. The molecule has 3 unspecified atom stereocenters. The average Bonchev–Trinajstić information content (AvgIpc) is 2.54. The lowest BCUT2D eigenvalue weighted by molar-refractivity contribution is 0.164. The molecule has 2 rings (SSSR count). The number of benzene rings is 2. The fraction of sp³-hybridized carbons (Fsp3) is 0.250. The van der Waals surface area contributed by atoms with Gasteiger partial charge in [0, 0.05) is 0 Å². The van der Waals surface area contributed by atoms with Gasteiger partial charge < -0.3 is 14.9 Å². The van der Waals surface area contributed by atoms with E-state index >= 15 is 0 Å². The molecule has 3 atom stereocenters. The summed E-state index contributed by atoms with van der Waals surface area (Å²) in [7, 11) is 0. The highest BCUT2D eigenvalue weighted by Gasteiger charge is 2.20. The third-order valence-electron chi connectivity index (χ3n) is 2.99. The van der Waals surface area contributed by atoms with Crippen LogP contribution in [0.1, 0.15) is 11.7 Å². The predicted molar refractivity (Wildman–Crippen MR) is 104 cm³/mol. The number of rotatable bonds is 7. The minimum Gasteiger partial charge on any atom is -0.508 e. The van der Waals surface area contributed by atoms with Crippen molar-refractivity contribution >= 4 is 45.2 Å². The Hall–Kier alpha value is -0.580. The number of aromatic hydroxyl groups is 1. The predicted octanol–water partition coefficient (Wildman–Crippen LogP) is 3.62. The largest absolute Gasteiger partial charge is 0.508 e. The van der Waals surface area contributed by atoms with Crippen LogP contribution >= 0.6 is 45.2 Å². The molecule has 0 aliphatic carbocycles. The normalized spacial score (nSPS) is 15.0. The molecule has 0 aliphatic rings. The summed E-state index contributed by atoms with van der Waals surface area (Å²) >= 11 is 4.41. The molecule has 0 spiro atoms. The molecule has 118 valence electrons. The summed E-state index contributed by atoms with van der Waals surface area (Å²) in [5.74, 6) is 1.02. The van der Waals surface area contributed by atoms with Crippen molar-refractivity contribution in [1.29, 1.82) is 0 Å². The Bertz CT molecular complexity index is 565. The summed E-state index contributed by atoms with van der Waals surface area (Å²) in [6, 6.07) is 16.2. The second-order valence-electron chi connectivity index (χ2n) is 4.70. The lowest BCUT2D eigenvalue weighted by Crippen LogP contribution is -2.38. The molecule has 0 aromatic heterocycles. The summed E-state index contributed by atoms with van der Waals surface area (Å²) in [6.45, 7) is 0.506. The van der Waals surface area contributed by atoms with Crippen LogP contribution in [0, 0.1) is 0 Å². The molecule has 0 bridgehead atoms. The number of aliphatic hydroxyl groups excluding tert-OH is 1. The van der Waals surface area contributed by atoms with Crippen LogP contribution in [0.5, 0.6) is 11.5 Å². The van der Waals surface area contributed by atoms with E-state index in [0.29, 0.717) is 6.61 Å². The smallest absolute Gasteiger partial charge is 0.119 e. The van der Waals surface area contributed by atoms with E-state index in [9.17, 15) is 10.2 Å². The van der Waals surface area contributed by atoms with Crippen LogP contribution in [0.3, 0.4) is 0 Å². The van der Waals surface area contributed by atoms with Crippen LogP contribution in [-0.4, -0.2) is 24.9 Å². The van der Waals surface area contributed by atoms with Gasteiger partial charge in [0.25, 0.3) is 0 Å². The zero-order valence-electron chi connectivity index (χ0n) is 11.7. The molecule has 0 radical (unpaired) electrons. The van der Waals surface area contributed by atoms with E-state index < -0.39 is 6.10 Å². The molecule has 0 heterocycles. The van der Waals surface area contributed by atoms with Gasteiger partial charge in [-0.25, -0.2) is 0 Å². The van der Waals surface area contributed by atoms with Crippen molar-refractivity contribution < 1.29 is 14.9 Å². The number of aliphatic hydroxyl groups is 1. The summed E-state index contributed by atoms with van der Waals surface area (Å²) < 4.78 is 5.58. The minimum absolute atomic E-state index is 0.0615. The molecule has 4 nitrogen and oxygen atoms in total. The minimum atomic E-state index is -0.657. The first-order valence-corrected chi connectivity index (χ1v) is 9.24. The molecule has 3 N–H and O–H groups in total. The third kappa shape index (κ3) is 5.56. The molecule has 0 aliphatic heterocycles. The fourth-order valence-corrected chi connectivity index (χ4v) is 3.94. The summed E-state index contributed by atoms with van der Waals surface area (Å²) in [4.78, 5) is 0. The average molecular weight is 525 g/mol. The van der Waals surface area contributed by atoms with Gasteiger partial charge in [-0.05, 0) is 29.8 Å². The van der Waals surface area contributed by atoms with E-state index in [1.54, 1.807) is 24.3 Å². The molecule has 0 saturated carbocycles. The highest BCUT2D eigenvalue weighted by Crippen LogP contribution is 2.24. The van der Waals surface area contributed by atoms with Gasteiger partial charge in [0.15, 0.2) is 0 Å². The molecule has 2 aromatic carbocycles. The van der Waals surface area contributed by atoms with Crippen LogP contribution in [-0.2, 0) is 0 Å². The van der Waals surface area contributed by atoms with Crippen molar-refractivity contribution in [3.63, 3.8) is 0 Å². The molecule has 0 fully saturated rings. The van der Waals surface area contributed by atoms with Crippen LogP contribution in [0.2, 0.25) is 0 Å². The van der Waals surface area contributed by atoms with Crippen LogP contribution < -0.4 is 10.1 Å². The van der Waals surface area contributed by atoms with Gasteiger partial charge >= 0.3 is 0 Å². The number of halogens is 2. The SMILES string of the molecule is Oc1ccc(C(O)C(I)NC(I)COc2ccccc2)cc1. The molecule has 6 heteroatoms. The van der Waals surface area contributed by atoms with Crippen molar-refractivity contribution in [3.8, 4) is 11.5 Å². The maximum atomic E-state index is 10.3. The van der Waals surface area contributed by atoms with Crippen LogP contribution in [0.15, 0.2) is 54.6 Å². The van der Waals surface area contributed by atoms with Gasteiger partial charge in [-0.15, -0.1) is 0 Å². The van der Waals surface area contributed by atoms with E-state index in [2.05, 4.69) is 50.5 Å². The van der Waals surface area contributed by atoms with Gasteiger partial charge in [0.1, 0.15) is 24.2 Å². The van der Waals surface area contributed by atoms with Gasteiger partial charge in [0.05, 0.1) is 8.10 Å². The quantitative estimate of drug-likeness (QED) is 0.294. The summed E-state index contributed by atoms with van der Waals surface area (Å²) in [5.41, 5.74) is 0.761. The number of phenols is 1. The van der Waals surface area contributed by atoms with Crippen molar-refractivity contribution in [2.75, 3.05) is 6.61 Å². The highest BCUT2D eigenvalue weighted by atomic mass is 127. The Morgan fingerprint density at radius 2 is 1.64 bits per heavy atom. The first-order valence-electron chi connectivity index (χ1n) is 6.75. The first-order chi connectivity index (χ1) is 10.6. The number of para-hydroxylation sites is 1. The lowest BCUT2D eigenvalue weighted by atomic mass is 10.1. The molecule has 0 saturated heterocycles. The van der Waals surface area contributed by atoms with Crippen molar-refractivity contribution in [2.24, 2.45) is 0 Å². The standard InChI is InChI=1S/C16H17I2NO3/c17-14(10-22-13-4-2-1-3-5-13)19-16(18)15(21)11-6-8-12(20)9-7-11/h1-9,14-16,19-21H,10H2. The lowest BCUT2D eigenvalue weighted by Gasteiger charge is -2.22. The molecular formula is C16H17I2NO3. The number of hydrogen-bond acceptors (Lipinski definition) is 4. The number of ether oxygens (including phenoxy) is 1. The molecule has 2 aromatic rings. The Balaban J connectivity index is 1.82. The summed E-state index contributed by atoms with van der Waals surface area (Å²) in [6.07, 6.45) is -0.657. The zero-order valence-corrected chi connectivity index (χ0v) is 16.0. The second-order valence-corrected chi connectivity index (χ2v) is 7.54. The van der Waals surface area contributed by atoms with Crippen molar-refractivity contribution in [2.45, 2.75) is 14.2 Å². The second kappa shape index (κ2) is 8.90. The molecule has 22 heavy (non-hydrogen) atoms. The van der Waals surface area contributed by atoms with Gasteiger partial charge in [-0.1, -0.05) is 75.5 Å². The van der Waals surface area contributed by atoms with E-state index in [1.165, 1.54) is 0 Å². The number of hydrogen-bond donors (Lipinski definition) is 3. The van der Waals surface area contributed by atoms with E-state index in [0.717, 1.165) is 11.3 Å². The molecular weight excluding hydrogens is 508 g/mol. The van der Waals surface area contributed by atoms with Gasteiger partial charge in [0.2, 0.25) is 0 Å². The topological polar surface area (TPSA) is 61.7 Å². The van der Waals surface area contributed by atoms with Crippen LogP contribution in [0.4, 0.5) is 0 Å². The number of alkyl halides is 2. The Kier molecular flexibility index (Phi) is 7.19. The van der Waals surface area contributed by atoms with Crippen LogP contribution in [0.25, 0.3) is 0 Å². The van der Waals surface area contributed by atoms with E-state index in [4.69, 9.17) is 4.74 Å². The monoisotopic (exact) mass is 525 g/mol. The Morgan fingerprint density at radius 3 is 2.27 bits per heavy atom. The Labute approximate surface area is 157 Å². The highest BCUT2D eigenvalue weighted by molar-refractivity contribution is 14.1. The van der Waals surface area contributed by atoms with E-state index in [-0.39, 0.29) is 13.8 Å². The Morgan fingerprint density at radius 1 is 1.00 bits per heavy atom. The third-order valence-corrected chi connectivity index (χ3v) is 4.75.